The Bertz CT molecular complexity index is 1300. The summed E-state index contributed by atoms with van der Waals surface area (Å²) in [6, 6.07) is 7.87. The van der Waals surface area contributed by atoms with Gasteiger partial charge in [0.25, 0.3) is 0 Å². The summed E-state index contributed by atoms with van der Waals surface area (Å²) in [6.45, 7) is 2.82. The first-order chi connectivity index (χ1) is 16.7. The second kappa shape index (κ2) is 8.93. The zero-order valence-electron chi connectivity index (χ0n) is 18.6. The van der Waals surface area contributed by atoms with Gasteiger partial charge < -0.3 is 14.8 Å². The van der Waals surface area contributed by atoms with Crippen LogP contribution in [0.2, 0.25) is 0 Å². The van der Waals surface area contributed by atoms with E-state index in [1.807, 2.05) is 0 Å². The number of rotatable bonds is 5. The van der Waals surface area contributed by atoms with E-state index in [2.05, 4.69) is 20.7 Å². The van der Waals surface area contributed by atoms with Crippen LogP contribution in [-0.2, 0) is 15.7 Å². The predicted molar refractivity (Wildman–Crippen MR) is 118 cm³/mol. The summed E-state index contributed by atoms with van der Waals surface area (Å²) < 4.78 is 66.8. The third kappa shape index (κ3) is 4.71. The van der Waals surface area contributed by atoms with Gasteiger partial charge in [-0.25, -0.2) is 19.0 Å². The highest BCUT2D eigenvalue weighted by Gasteiger charge is 2.34. The summed E-state index contributed by atoms with van der Waals surface area (Å²) >= 11 is 0. The van der Waals surface area contributed by atoms with Crippen molar-refractivity contribution in [1.29, 1.82) is 5.41 Å². The number of alkyl halides is 3. The van der Waals surface area contributed by atoms with Gasteiger partial charge in [-0.05, 0) is 55.3 Å². The Hall–Kier alpha value is -3.51. The summed E-state index contributed by atoms with van der Waals surface area (Å²) in [4.78, 5) is 7.99. The molecule has 0 amide bonds. The monoisotopic (exact) mass is 490 g/mol. The van der Waals surface area contributed by atoms with Crippen LogP contribution in [0.25, 0.3) is 22.4 Å². The van der Waals surface area contributed by atoms with Gasteiger partial charge in [-0.15, -0.1) is 0 Å². The van der Waals surface area contributed by atoms with E-state index in [1.165, 1.54) is 41.9 Å². The van der Waals surface area contributed by atoms with E-state index >= 15 is 0 Å². The third-order valence-electron chi connectivity index (χ3n) is 5.76. The van der Waals surface area contributed by atoms with Gasteiger partial charge >= 0.3 is 6.18 Å². The van der Waals surface area contributed by atoms with Gasteiger partial charge in [-0.3, -0.25) is 10.8 Å². The Balaban J connectivity index is 1.62. The first-order valence-corrected chi connectivity index (χ1v) is 11.0. The zero-order valence-corrected chi connectivity index (χ0v) is 18.6. The average Bonchev–Trinajstić information content (AvgIpc) is 3.47. The van der Waals surface area contributed by atoms with Crippen LogP contribution in [0.15, 0.2) is 36.4 Å². The maximum atomic E-state index is 13.6. The molecule has 184 valence electrons. The molecular weight excluding hydrogens is 468 g/mol. The summed E-state index contributed by atoms with van der Waals surface area (Å²) in [5, 5.41) is 11.7. The molecular formula is C23H22F4N6O2. The van der Waals surface area contributed by atoms with E-state index in [0.29, 0.717) is 30.2 Å². The van der Waals surface area contributed by atoms with E-state index < -0.39 is 23.9 Å². The summed E-state index contributed by atoms with van der Waals surface area (Å²) in [7, 11) is 0. The maximum Gasteiger partial charge on any atom is 0.433 e. The standard InChI is InChI=1S/C23H22F4N6O2/c1-12-8-14(9-17(29-12)23(25,26)27)19-20(13-2-4-15(24)5-3-13)31-22(28)33-21(19)30-18(32-33)11-35-16-6-7-34-10-16/h2-5,8-9,16,18,28,30,32H,6-7,10-11H2,1H3. The molecule has 1 saturated heterocycles. The largest absolute Gasteiger partial charge is 0.433 e. The summed E-state index contributed by atoms with van der Waals surface area (Å²) in [5.74, 6) is -0.122. The minimum atomic E-state index is -4.65. The Labute approximate surface area is 197 Å². The number of hydrogen-bond donors (Lipinski definition) is 3. The van der Waals surface area contributed by atoms with Crippen LogP contribution < -0.4 is 16.4 Å². The van der Waals surface area contributed by atoms with Crippen LogP contribution in [0.1, 0.15) is 17.8 Å². The predicted octanol–water partition coefficient (Wildman–Crippen LogP) is 3.66. The van der Waals surface area contributed by atoms with E-state index in [1.54, 1.807) is 0 Å². The fourth-order valence-electron chi connectivity index (χ4n) is 4.16. The molecule has 4 heterocycles. The molecule has 8 nitrogen and oxygen atoms in total. The number of aromatic nitrogens is 3. The number of halogens is 4. The number of nitrogens with one attached hydrogen (secondary N) is 3. The van der Waals surface area contributed by atoms with Gasteiger partial charge in [0.05, 0.1) is 30.6 Å². The van der Waals surface area contributed by atoms with Crippen LogP contribution in [0, 0.1) is 18.2 Å². The highest BCUT2D eigenvalue weighted by molar-refractivity contribution is 5.89. The fraction of sp³-hybridized carbons (Fsp3) is 0.348. The number of fused-ring (bicyclic) bond motifs is 1. The Morgan fingerprint density at radius 2 is 1.94 bits per heavy atom. The Morgan fingerprint density at radius 1 is 1.17 bits per heavy atom. The van der Waals surface area contributed by atoms with Crippen molar-refractivity contribution in [2.75, 3.05) is 30.6 Å². The smallest absolute Gasteiger partial charge is 0.379 e. The molecule has 0 bridgehead atoms. The first-order valence-electron chi connectivity index (χ1n) is 11.0. The molecule has 2 aliphatic rings. The lowest BCUT2D eigenvalue weighted by molar-refractivity contribution is -0.141. The van der Waals surface area contributed by atoms with Crippen LogP contribution in [0.5, 0.6) is 0 Å². The van der Waals surface area contributed by atoms with Gasteiger partial charge in [0.2, 0.25) is 5.62 Å². The summed E-state index contributed by atoms with van der Waals surface area (Å²) in [6.07, 6.45) is -4.39. The minimum Gasteiger partial charge on any atom is -0.379 e. The minimum absolute atomic E-state index is 0.0488. The van der Waals surface area contributed by atoms with Crippen molar-refractivity contribution in [3.8, 4) is 22.4 Å². The van der Waals surface area contributed by atoms with Crippen molar-refractivity contribution < 1.29 is 27.0 Å². The Kier molecular flexibility index (Phi) is 5.93. The lowest BCUT2D eigenvalue weighted by Crippen LogP contribution is -2.36. The highest BCUT2D eigenvalue weighted by Crippen LogP contribution is 2.39. The van der Waals surface area contributed by atoms with Crippen molar-refractivity contribution in [3.63, 3.8) is 0 Å². The van der Waals surface area contributed by atoms with E-state index in [9.17, 15) is 17.6 Å². The van der Waals surface area contributed by atoms with E-state index in [0.717, 1.165) is 12.5 Å². The van der Waals surface area contributed by atoms with Gasteiger partial charge in [0.1, 0.15) is 23.5 Å². The quantitative estimate of drug-likeness (QED) is 0.473. The van der Waals surface area contributed by atoms with Gasteiger partial charge in [-0.1, -0.05) is 0 Å². The molecule has 2 unspecified atom stereocenters. The maximum absolute atomic E-state index is 13.6. The van der Waals surface area contributed by atoms with Crippen LogP contribution in [0.4, 0.5) is 23.4 Å². The van der Waals surface area contributed by atoms with Gasteiger partial charge in [0.15, 0.2) is 0 Å². The average molecular weight is 490 g/mol. The van der Waals surface area contributed by atoms with Crippen molar-refractivity contribution in [2.24, 2.45) is 0 Å². The lowest BCUT2D eigenvalue weighted by atomic mass is 9.98. The number of hydrogen-bond acceptors (Lipinski definition) is 7. The third-order valence-corrected chi connectivity index (χ3v) is 5.76. The molecule has 3 N–H and O–H groups in total. The molecule has 12 heteroatoms. The van der Waals surface area contributed by atoms with Gasteiger partial charge in [-0.2, -0.15) is 13.2 Å². The number of anilines is 1. The van der Waals surface area contributed by atoms with Crippen molar-refractivity contribution in [3.05, 3.63) is 59.2 Å². The lowest BCUT2D eigenvalue weighted by Gasteiger charge is -2.17. The normalized spacial score (nSPS) is 19.3. The molecule has 35 heavy (non-hydrogen) atoms. The molecule has 1 aromatic carbocycles. The first kappa shape index (κ1) is 23.2. The molecule has 0 aliphatic carbocycles. The van der Waals surface area contributed by atoms with Crippen molar-refractivity contribution in [1.82, 2.24) is 14.6 Å². The number of aryl methyl sites for hydroxylation is 1. The second-order valence-corrected chi connectivity index (χ2v) is 8.38. The van der Waals surface area contributed by atoms with Crippen LogP contribution in [-0.4, -0.2) is 46.7 Å². The number of ether oxygens (including phenoxy) is 2. The van der Waals surface area contributed by atoms with E-state index in [4.69, 9.17) is 14.9 Å². The Morgan fingerprint density at radius 3 is 2.63 bits per heavy atom. The summed E-state index contributed by atoms with van der Waals surface area (Å²) in [5.41, 5.74) is 3.24. The molecule has 0 saturated carbocycles. The van der Waals surface area contributed by atoms with Crippen LogP contribution >= 0.6 is 0 Å². The molecule has 2 aromatic heterocycles. The van der Waals surface area contributed by atoms with Crippen LogP contribution in [0.3, 0.4) is 0 Å². The van der Waals surface area contributed by atoms with Crippen molar-refractivity contribution in [2.45, 2.75) is 31.8 Å². The SMILES string of the molecule is Cc1cc(-c2c(-c3ccc(F)cc3)nc(=N)n3c2NC(COC2CCOC2)N3)cc(C(F)(F)F)n1. The molecule has 2 aliphatic heterocycles. The van der Waals surface area contributed by atoms with E-state index in [-0.39, 0.29) is 35.3 Å². The van der Waals surface area contributed by atoms with Crippen molar-refractivity contribution >= 4 is 5.82 Å². The number of pyridine rings is 1. The second-order valence-electron chi connectivity index (χ2n) is 8.38. The topological polar surface area (TPSA) is 97.1 Å². The number of nitrogens with zero attached hydrogens (tertiary/aromatic N) is 3. The molecule has 2 atom stereocenters. The highest BCUT2D eigenvalue weighted by atomic mass is 19.4. The molecule has 0 spiro atoms. The molecule has 1 fully saturated rings. The molecule has 0 radical (unpaired) electrons. The molecule has 3 aromatic rings. The molecule has 5 rings (SSSR count). The number of benzene rings is 1. The zero-order chi connectivity index (χ0) is 24.7. The van der Waals surface area contributed by atoms with Gasteiger partial charge in [0, 0.05) is 17.9 Å². The fourth-order valence-corrected chi connectivity index (χ4v) is 4.16.